The zero-order chi connectivity index (χ0) is 12.9. The molecule has 0 saturated heterocycles. The van der Waals surface area contributed by atoms with Gasteiger partial charge in [-0.15, -0.1) is 0 Å². The lowest BCUT2D eigenvalue weighted by atomic mass is 10.2. The molecule has 0 aliphatic heterocycles. The summed E-state index contributed by atoms with van der Waals surface area (Å²) in [7, 11) is -3.53. The van der Waals surface area contributed by atoms with Gasteiger partial charge in [0.05, 0.1) is 4.90 Å². The van der Waals surface area contributed by atoms with Crippen molar-refractivity contribution >= 4 is 21.6 Å². The number of benzene rings is 1. The van der Waals surface area contributed by atoms with E-state index >= 15 is 0 Å². The summed E-state index contributed by atoms with van der Waals surface area (Å²) in [5, 5.41) is 9.31. The van der Waals surface area contributed by atoms with Gasteiger partial charge in [0.25, 0.3) is 0 Å². The minimum Gasteiger partial charge on any atom is -0.396 e. The second-order valence-electron chi connectivity index (χ2n) is 3.69. The Kier molecular flexibility index (Phi) is 5.39. The van der Waals surface area contributed by atoms with E-state index in [2.05, 4.69) is 4.72 Å². The highest BCUT2D eigenvalue weighted by Gasteiger charge is 2.18. The molecule has 0 amide bonds. The van der Waals surface area contributed by atoms with E-state index in [4.69, 9.17) is 16.7 Å². The molecule has 0 radical (unpaired) electrons. The Bertz CT molecular complexity index is 444. The molecule has 1 unspecified atom stereocenters. The van der Waals surface area contributed by atoms with Crippen LogP contribution in [-0.2, 0) is 10.0 Å². The molecule has 1 aromatic rings. The van der Waals surface area contributed by atoms with E-state index < -0.39 is 10.0 Å². The van der Waals surface area contributed by atoms with Gasteiger partial charge in [0, 0.05) is 17.7 Å². The quantitative estimate of drug-likeness (QED) is 0.833. The van der Waals surface area contributed by atoms with Crippen LogP contribution in [0.3, 0.4) is 0 Å². The zero-order valence-electron chi connectivity index (χ0n) is 9.56. The molecule has 1 rings (SSSR count). The molecular formula is C11H16ClNO3S. The summed E-state index contributed by atoms with van der Waals surface area (Å²) in [5.74, 6) is 0. The molecule has 1 aromatic carbocycles. The van der Waals surface area contributed by atoms with Gasteiger partial charge in [0.1, 0.15) is 0 Å². The van der Waals surface area contributed by atoms with Crippen LogP contribution in [-0.4, -0.2) is 26.2 Å². The van der Waals surface area contributed by atoms with Crippen LogP contribution in [0.5, 0.6) is 0 Å². The van der Waals surface area contributed by atoms with Crippen molar-refractivity contribution in [3.63, 3.8) is 0 Å². The first-order chi connectivity index (χ1) is 7.99. The molecule has 0 fully saturated rings. The fourth-order valence-electron chi connectivity index (χ4n) is 1.40. The average Bonchev–Trinajstić information content (AvgIpc) is 2.28. The van der Waals surface area contributed by atoms with Gasteiger partial charge in [-0.2, -0.15) is 0 Å². The first-order valence-electron chi connectivity index (χ1n) is 5.38. The van der Waals surface area contributed by atoms with Crippen LogP contribution in [0, 0.1) is 0 Å². The molecular weight excluding hydrogens is 262 g/mol. The molecule has 96 valence electrons. The standard InChI is InChI=1S/C11H16ClNO3S/c1-2-10(7-8-14)13-17(15,16)11-5-3-9(12)4-6-11/h3-6,10,13-14H,2,7-8H2,1H3. The van der Waals surface area contributed by atoms with E-state index in [9.17, 15) is 8.42 Å². The molecule has 6 heteroatoms. The predicted molar refractivity (Wildman–Crippen MR) is 67.6 cm³/mol. The number of aliphatic hydroxyl groups is 1. The molecule has 4 nitrogen and oxygen atoms in total. The van der Waals surface area contributed by atoms with Gasteiger partial charge >= 0.3 is 0 Å². The fourth-order valence-corrected chi connectivity index (χ4v) is 2.88. The van der Waals surface area contributed by atoms with Crippen LogP contribution < -0.4 is 4.72 Å². The lowest BCUT2D eigenvalue weighted by Crippen LogP contribution is -2.35. The van der Waals surface area contributed by atoms with Crippen molar-refractivity contribution in [1.29, 1.82) is 0 Å². The van der Waals surface area contributed by atoms with Crippen LogP contribution in [0.15, 0.2) is 29.2 Å². The molecule has 0 bridgehead atoms. The monoisotopic (exact) mass is 277 g/mol. The van der Waals surface area contributed by atoms with Gasteiger partial charge in [0.2, 0.25) is 10.0 Å². The van der Waals surface area contributed by atoms with Gasteiger partial charge in [-0.05, 0) is 37.1 Å². The van der Waals surface area contributed by atoms with Gasteiger partial charge in [-0.3, -0.25) is 0 Å². The highest BCUT2D eigenvalue weighted by atomic mass is 35.5. The Hall–Kier alpha value is -0.620. The van der Waals surface area contributed by atoms with Gasteiger partial charge in [0.15, 0.2) is 0 Å². The summed E-state index contributed by atoms with van der Waals surface area (Å²) >= 11 is 5.70. The second kappa shape index (κ2) is 6.35. The third-order valence-electron chi connectivity index (χ3n) is 2.42. The van der Waals surface area contributed by atoms with E-state index in [1.807, 2.05) is 6.92 Å². The van der Waals surface area contributed by atoms with Crippen LogP contribution in [0.2, 0.25) is 5.02 Å². The normalized spacial score (nSPS) is 13.6. The van der Waals surface area contributed by atoms with Crippen molar-refractivity contribution < 1.29 is 13.5 Å². The van der Waals surface area contributed by atoms with E-state index in [1.54, 1.807) is 0 Å². The van der Waals surface area contributed by atoms with Crippen LogP contribution in [0.4, 0.5) is 0 Å². The van der Waals surface area contributed by atoms with E-state index in [0.717, 1.165) is 0 Å². The highest BCUT2D eigenvalue weighted by Crippen LogP contribution is 2.15. The van der Waals surface area contributed by atoms with Crippen molar-refractivity contribution in [3.8, 4) is 0 Å². The van der Waals surface area contributed by atoms with Crippen molar-refractivity contribution in [3.05, 3.63) is 29.3 Å². The topological polar surface area (TPSA) is 66.4 Å². The Morgan fingerprint density at radius 2 is 1.94 bits per heavy atom. The smallest absolute Gasteiger partial charge is 0.240 e. The lowest BCUT2D eigenvalue weighted by Gasteiger charge is -2.15. The van der Waals surface area contributed by atoms with E-state index in [-0.39, 0.29) is 17.5 Å². The molecule has 0 saturated carbocycles. The van der Waals surface area contributed by atoms with Crippen molar-refractivity contribution in [2.24, 2.45) is 0 Å². The molecule has 0 aliphatic carbocycles. The molecule has 2 N–H and O–H groups in total. The molecule has 17 heavy (non-hydrogen) atoms. The Balaban J connectivity index is 2.84. The fraction of sp³-hybridized carbons (Fsp3) is 0.455. The van der Waals surface area contributed by atoms with Gasteiger partial charge in [-0.1, -0.05) is 18.5 Å². The average molecular weight is 278 g/mol. The lowest BCUT2D eigenvalue weighted by molar-refractivity contribution is 0.270. The first kappa shape index (κ1) is 14.4. The molecule has 0 aromatic heterocycles. The van der Waals surface area contributed by atoms with E-state index in [1.165, 1.54) is 24.3 Å². The Morgan fingerprint density at radius 3 is 2.41 bits per heavy atom. The summed E-state index contributed by atoms with van der Waals surface area (Å²) < 4.78 is 26.5. The van der Waals surface area contributed by atoms with Crippen LogP contribution in [0.1, 0.15) is 19.8 Å². The molecule has 0 heterocycles. The first-order valence-corrected chi connectivity index (χ1v) is 7.24. The highest BCUT2D eigenvalue weighted by molar-refractivity contribution is 7.89. The summed E-state index contributed by atoms with van der Waals surface area (Å²) in [4.78, 5) is 0.179. The maximum Gasteiger partial charge on any atom is 0.240 e. The van der Waals surface area contributed by atoms with Crippen LogP contribution >= 0.6 is 11.6 Å². The maximum atomic E-state index is 12.0. The molecule has 1 atom stereocenters. The summed E-state index contributed by atoms with van der Waals surface area (Å²) in [6, 6.07) is 5.72. The Labute approximate surface area is 107 Å². The number of sulfonamides is 1. The SMILES string of the molecule is CCC(CCO)NS(=O)(=O)c1ccc(Cl)cc1. The maximum absolute atomic E-state index is 12.0. The number of aliphatic hydroxyl groups excluding tert-OH is 1. The third kappa shape index (κ3) is 4.27. The van der Waals surface area contributed by atoms with Gasteiger partial charge < -0.3 is 5.11 Å². The summed E-state index contributed by atoms with van der Waals surface area (Å²) in [6.07, 6.45) is 1.04. The number of hydrogen-bond acceptors (Lipinski definition) is 3. The van der Waals surface area contributed by atoms with Crippen molar-refractivity contribution in [2.75, 3.05) is 6.61 Å². The third-order valence-corrected chi connectivity index (χ3v) is 4.20. The van der Waals surface area contributed by atoms with Crippen molar-refractivity contribution in [2.45, 2.75) is 30.7 Å². The Morgan fingerprint density at radius 1 is 1.35 bits per heavy atom. The minimum absolute atomic E-state index is 0.0400. The number of rotatable bonds is 6. The predicted octanol–water partition coefficient (Wildman–Crippen LogP) is 1.78. The van der Waals surface area contributed by atoms with Crippen LogP contribution in [0.25, 0.3) is 0 Å². The number of hydrogen-bond donors (Lipinski definition) is 2. The van der Waals surface area contributed by atoms with E-state index in [0.29, 0.717) is 17.9 Å². The molecule has 0 aliphatic rings. The minimum atomic E-state index is -3.53. The number of nitrogens with one attached hydrogen (secondary N) is 1. The van der Waals surface area contributed by atoms with Gasteiger partial charge in [-0.25, -0.2) is 13.1 Å². The second-order valence-corrected chi connectivity index (χ2v) is 5.84. The summed E-state index contributed by atoms with van der Waals surface area (Å²) in [6.45, 7) is 1.83. The van der Waals surface area contributed by atoms with Crippen molar-refractivity contribution in [1.82, 2.24) is 4.72 Å². The number of halogens is 1. The zero-order valence-corrected chi connectivity index (χ0v) is 11.1. The largest absolute Gasteiger partial charge is 0.396 e. The summed E-state index contributed by atoms with van der Waals surface area (Å²) in [5.41, 5.74) is 0. The molecule has 0 spiro atoms.